The Bertz CT molecular complexity index is 1220. The van der Waals surface area contributed by atoms with E-state index in [1.165, 1.54) is 37.8 Å². The van der Waals surface area contributed by atoms with Gasteiger partial charge < -0.3 is 19.3 Å². The van der Waals surface area contributed by atoms with Crippen LogP contribution in [0.1, 0.15) is 49.4 Å². The maximum atomic E-state index is 13.2. The summed E-state index contributed by atoms with van der Waals surface area (Å²) in [5, 5.41) is 0. The molecule has 1 aromatic carbocycles. The molecule has 222 valence electrons. The lowest BCUT2D eigenvalue weighted by atomic mass is 10.1. The number of hydrogen-bond donors (Lipinski definition) is 0. The fraction of sp³-hybridized carbons (Fsp3) is 0.500. The topological polar surface area (TPSA) is 63.6 Å². The summed E-state index contributed by atoms with van der Waals surface area (Å²) >= 11 is 1.69. The smallest absolute Gasteiger partial charge is 0.416 e. The maximum Gasteiger partial charge on any atom is 0.416 e. The summed E-state index contributed by atoms with van der Waals surface area (Å²) in [5.74, 6) is 2.98. The van der Waals surface area contributed by atoms with Gasteiger partial charge >= 0.3 is 6.18 Å². The van der Waals surface area contributed by atoms with Gasteiger partial charge in [-0.05, 0) is 55.7 Å². The van der Waals surface area contributed by atoms with Crippen LogP contribution in [0.3, 0.4) is 0 Å². The molecule has 2 heterocycles. The number of aromatic nitrogens is 3. The highest BCUT2D eigenvalue weighted by molar-refractivity contribution is 7.98. The van der Waals surface area contributed by atoms with Crippen LogP contribution in [-0.2, 0) is 19.3 Å². The van der Waals surface area contributed by atoms with Crippen molar-refractivity contribution in [3.8, 4) is 11.6 Å². The second-order valence-electron chi connectivity index (χ2n) is 10.1. The van der Waals surface area contributed by atoms with E-state index in [9.17, 15) is 13.2 Å². The van der Waals surface area contributed by atoms with Crippen molar-refractivity contribution in [1.82, 2.24) is 15.0 Å². The largest absolute Gasteiger partial charge is 0.489 e. The van der Waals surface area contributed by atoms with Crippen LogP contribution >= 0.6 is 11.8 Å². The zero-order valence-electron chi connectivity index (χ0n) is 23.9. The van der Waals surface area contributed by atoms with Gasteiger partial charge in [0.25, 0.3) is 0 Å². The zero-order chi connectivity index (χ0) is 29.2. The van der Waals surface area contributed by atoms with E-state index in [0.717, 1.165) is 42.4 Å². The van der Waals surface area contributed by atoms with Gasteiger partial charge in [0, 0.05) is 31.5 Å². The molecule has 0 radical (unpaired) electrons. The van der Waals surface area contributed by atoms with E-state index in [-0.39, 0.29) is 6.54 Å². The summed E-state index contributed by atoms with van der Waals surface area (Å²) in [6, 6.07) is 9.11. The van der Waals surface area contributed by atoms with Gasteiger partial charge in [-0.15, -0.1) is 0 Å². The molecule has 7 nitrogen and oxygen atoms in total. The molecule has 0 saturated heterocycles. The first-order valence-corrected chi connectivity index (χ1v) is 15.3. The SMILES string of the molecule is CCN(CC1CCCC1)c1ccc(OC)nc1CN(Cc1ccc(C(F)(F)F)cc1)c1ncc(OCCSC)cn1. The molecule has 0 N–H and O–H groups in total. The quantitative estimate of drug-likeness (QED) is 0.189. The number of halogens is 3. The third kappa shape index (κ3) is 8.64. The first-order chi connectivity index (χ1) is 19.8. The zero-order valence-corrected chi connectivity index (χ0v) is 24.7. The predicted octanol–water partition coefficient (Wildman–Crippen LogP) is 6.86. The van der Waals surface area contributed by atoms with Crippen LogP contribution in [0.5, 0.6) is 11.6 Å². The van der Waals surface area contributed by atoms with E-state index >= 15 is 0 Å². The number of hydrogen-bond acceptors (Lipinski definition) is 8. The van der Waals surface area contributed by atoms with Gasteiger partial charge in [0.15, 0.2) is 5.75 Å². The van der Waals surface area contributed by atoms with Gasteiger partial charge in [0.2, 0.25) is 11.8 Å². The minimum atomic E-state index is -4.39. The first kappa shape index (κ1) is 30.7. The highest BCUT2D eigenvalue weighted by atomic mass is 32.2. The van der Waals surface area contributed by atoms with Crippen molar-refractivity contribution in [2.24, 2.45) is 5.92 Å². The van der Waals surface area contributed by atoms with E-state index in [4.69, 9.17) is 14.5 Å². The number of rotatable bonds is 14. The van der Waals surface area contributed by atoms with Crippen LogP contribution in [-0.4, -0.2) is 53.8 Å². The normalized spacial score (nSPS) is 13.8. The minimum Gasteiger partial charge on any atom is -0.489 e. The van der Waals surface area contributed by atoms with Gasteiger partial charge in [-0.1, -0.05) is 25.0 Å². The van der Waals surface area contributed by atoms with Crippen LogP contribution in [0, 0.1) is 5.92 Å². The Hall–Kier alpha value is -3.21. The third-order valence-electron chi connectivity index (χ3n) is 7.26. The van der Waals surface area contributed by atoms with Gasteiger partial charge in [0.1, 0.15) is 0 Å². The summed E-state index contributed by atoms with van der Waals surface area (Å²) < 4.78 is 50.7. The molecule has 2 aromatic heterocycles. The highest BCUT2D eigenvalue weighted by Gasteiger charge is 2.30. The third-order valence-corrected chi connectivity index (χ3v) is 7.83. The Labute approximate surface area is 244 Å². The summed E-state index contributed by atoms with van der Waals surface area (Å²) in [4.78, 5) is 18.2. The molecule has 0 spiro atoms. The van der Waals surface area contributed by atoms with Crippen molar-refractivity contribution in [2.45, 2.75) is 51.9 Å². The second kappa shape index (κ2) is 14.6. The van der Waals surface area contributed by atoms with Crippen molar-refractivity contribution in [3.05, 3.63) is 65.6 Å². The number of benzene rings is 1. The van der Waals surface area contributed by atoms with E-state index in [2.05, 4.69) is 21.8 Å². The van der Waals surface area contributed by atoms with Crippen LogP contribution in [0.15, 0.2) is 48.8 Å². The highest BCUT2D eigenvalue weighted by Crippen LogP contribution is 2.32. The Kier molecular flexibility index (Phi) is 11.0. The molecule has 3 aromatic rings. The van der Waals surface area contributed by atoms with E-state index in [1.807, 2.05) is 23.3 Å². The second-order valence-corrected chi connectivity index (χ2v) is 11.1. The van der Waals surface area contributed by atoms with Crippen molar-refractivity contribution in [3.63, 3.8) is 0 Å². The number of pyridine rings is 1. The van der Waals surface area contributed by atoms with Crippen LogP contribution in [0.25, 0.3) is 0 Å². The molecule has 41 heavy (non-hydrogen) atoms. The van der Waals surface area contributed by atoms with Gasteiger partial charge in [0.05, 0.1) is 49.6 Å². The Morgan fingerprint density at radius 2 is 1.68 bits per heavy atom. The Morgan fingerprint density at radius 1 is 0.976 bits per heavy atom. The minimum absolute atomic E-state index is 0.290. The Balaban J connectivity index is 1.65. The number of anilines is 2. The van der Waals surface area contributed by atoms with E-state index < -0.39 is 11.7 Å². The summed E-state index contributed by atoms with van der Waals surface area (Å²) in [7, 11) is 1.58. The lowest BCUT2D eigenvalue weighted by Gasteiger charge is -2.30. The fourth-order valence-corrected chi connectivity index (χ4v) is 5.33. The molecule has 0 amide bonds. The van der Waals surface area contributed by atoms with Gasteiger partial charge in [-0.25, -0.2) is 15.0 Å². The summed E-state index contributed by atoms with van der Waals surface area (Å²) in [6.45, 7) is 5.09. The number of alkyl halides is 3. The lowest BCUT2D eigenvalue weighted by molar-refractivity contribution is -0.137. The molecule has 0 unspecified atom stereocenters. The first-order valence-electron chi connectivity index (χ1n) is 13.9. The van der Waals surface area contributed by atoms with Crippen molar-refractivity contribution < 1.29 is 22.6 Å². The van der Waals surface area contributed by atoms with Crippen LogP contribution < -0.4 is 19.3 Å². The molecule has 4 rings (SSSR count). The number of methoxy groups -OCH3 is 1. The molecule has 1 aliphatic rings. The lowest BCUT2D eigenvalue weighted by Crippen LogP contribution is -2.31. The van der Waals surface area contributed by atoms with Gasteiger partial charge in [-0.3, -0.25) is 0 Å². The fourth-order valence-electron chi connectivity index (χ4n) is 5.08. The van der Waals surface area contributed by atoms with Gasteiger partial charge in [-0.2, -0.15) is 24.9 Å². The standard InChI is InChI=1S/C30H38F3N5O2S/c1-4-37(19-22-7-5-6-8-22)27-13-14-28(39-2)36-26(27)21-38(20-23-9-11-24(12-10-23)30(31,32)33)29-34-17-25(18-35-29)40-15-16-41-3/h9-14,17-18,22H,4-8,15-16,19-21H2,1-3H3. The average molecular weight is 590 g/mol. The van der Waals surface area contributed by atoms with E-state index in [1.54, 1.807) is 31.3 Å². The average Bonchev–Trinajstić information content (AvgIpc) is 3.49. The molecule has 1 fully saturated rings. The molecule has 0 aliphatic heterocycles. The number of nitrogens with zero attached hydrogens (tertiary/aromatic N) is 5. The van der Waals surface area contributed by atoms with Crippen molar-refractivity contribution in [2.75, 3.05) is 48.6 Å². The monoisotopic (exact) mass is 589 g/mol. The molecule has 1 saturated carbocycles. The molecular formula is C30H38F3N5O2S. The molecule has 1 aliphatic carbocycles. The maximum absolute atomic E-state index is 13.2. The van der Waals surface area contributed by atoms with Crippen LogP contribution in [0.4, 0.5) is 24.8 Å². The van der Waals surface area contributed by atoms with Crippen LogP contribution in [0.2, 0.25) is 0 Å². The van der Waals surface area contributed by atoms with Crippen molar-refractivity contribution >= 4 is 23.4 Å². The predicted molar refractivity (Wildman–Crippen MR) is 158 cm³/mol. The van der Waals surface area contributed by atoms with E-state index in [0.29, 0.717) is 42.2 Å². The molecule has 0 atom stereocenters. The molecule has 0 bridgehead atoms. The number of ether oxygens (including phenoxy) is 2. The molecule has 11 heteroatoms. The molecular weight excluding hydrogens is 551 g/mol. The Morgan fingerprint density at radius 3 is 2.29 bits per heavy atom. The van der Waals surface area contributed by atoms with Crippen molar-refractivity contribution in [1.29, 1.82) is 0 Å². The summed E-state index contributed by atoms with van der Waals surface area (Å²) in [6.07, 6.45) is 5.87. The number of thioether (sulfide) groups is 1. The summed E-state index contributed by atoms with van der Waals surface area (Å²) in [5.41, 5.74) is 1.82.